The van der Waals surface area contributed by atoms with Gasteiger partial charge in [-0.25, -0.2) is 4.98 Å². The van der Waals surface area contributed by atoms with Gasteiger partial charge in [0.1, 0.15) is 0 Å². The fraction of sp³-hybridized carbons (Fsp3) is 0.778. The lowest BCUT2D eigenvalue weighted by atomic mass is 9.51. The molecule has 0 amide bonds. The van der Waals surface area contributed by atoms with Gasteiger partial charge in [-0.2, -0.15) is 0 Å². The van der Waals surface area contributed by atoms with Crippen LogP contribution in [-0.2, 0) is 11.2 Å². The van der Waals surface area contributed by atoms with Crippen molar-refractivity contribution < 1.29 is 4.74 Å². The third kappa shape index (κ3) is 3.31. The first-order valence-electron chi connectivity index (χ1n) is 9.10. The minimum absolute atomic E-state index is 0.360. The summed E-state index contributed by atoms with van der Waals surface area (Å²) in [6, 6.07) is 0.501. The number of nitrogens with one attached hydrogen (secondary N) is 2. The highest BCUT2D eigenvalue weighted by molar-refractivity contribution is 7.11. The van der Waals surface area contributed by atoms with Crippen LogP contribution in [0.5, 0.6) is 0 Å². The molecule has 2 saturated carbocycles. The molecule has 24 heavy (non-hydrogen) atoms. The van der Waals surface area contributed by atoms with Crippen LogP contribution in [0.2, 0.25) is 0 Å². The van der Waals surface area contributed by atoms with Gasteiger partial charge in [0, 0.05) is 43.0 Å². The van der Waals surface area contributed by atoms with E-state index in [4.69, 9.17) is 4.74 Å². The van der Waals surface area contributed by atoms with E-state index < -0.39 is 0 Å². The minimum Gasteiger partial charge on any atom is -0.378 e. The van der Waals surface area contributed by atoms with Crippen molar-refractivity contribution >= 4 is 17.3 Å². The van der Waals surface area contributed by atoms with Crippen LogP contribution in [0.3, 0.4) is 0 Å². The average molecular weight is 351 g/mol. The zero-order valence-electron chi connectivity index (χ0n) is 15.3. The van der Waals surface area contributed by atoms with Gasteiger partial charge in [-0.1, -0.05) is 6.42 Å². The largest absolute Gasteiger partial charge is 0.378 e. The van der Waals surface area contributed by atoms with Crippen LogP contribution in [0, 0.1) is 19.3 Å². The molecule has 0 saturated heterocycles. The van der Waals surface area contributed by atoms with Gasteiger partial charge >= 0.3 is 0 Å². The van der Waals surface area contributed by atoms with E-state index in [0.717, 1.165) is 42.7 Å². The van der Waals surface area contributed by atoms with Crippen molar-refractivity contribution in [2.75, 3.05) is 20.2 Å². The van der Waals surface area contributed by atoms with Crippen molar-refractivity contribution in [2.45, 2.75) is 65.0 Å². The number of aliphatic imine (C=N–C) groups is 1. The van der Waals surface area contributed by atoms with Crippen LogP contribution in [-0.4, -0.2) is 43.3 Å². The van der Waals surface area contributed by atoms with Gasteiger partial charge in [0.15, 0.2) is 5.96 Å². The van der Waals surface area contributed by atoms with Crippen molar-refractivity contribution in [3.05, 3.63) is 15.6 Å². The van der Waals surface area contributed by atoms with Gasteiger partial charge in [0.25, 0.3) is 0 Å². The second-order valence-corrected chi connectivity index (χ2v) is 8.24. The summed E-state index contributed by atoms with van der Waals surface area (Å²) in [5, 5.41) is 8.25. The van der Waals surface area contributed by atoms with Gasteiger partial charge in [0.05, 0.1) is 16.8 Å². The Balaban J connectivity index is 1.48. The molecule has 3 rings (SSSR count). The number of ether oxygens (including phenoxy) is 1. The number of nitrogens with zero attached hydrogens (tertiary/aromatic N) is 2. The summed E-state index contributed by atoms with van der Waals surface area (Å²) in [7, 11) is 1.85. The predicted molar refractivity (Wildman–Crippen MR) is 99.9 cm³/mol. The van der Waals surface area contributed by atoms with E-state index in [2.05, 4.69) is 41.4 Å². The third-order valence-electron chi connectivity index (χ3n) is 5.62. The van der Waals surface area contributed by atoms with Crippen LogP contribution in [0.15, 0.2) is 4.99 Å². The highest BCUT2D eigenvalue weighted by Gasteiger charge is 2.59. The highest BCUT2D eigenvalue weighted by atomic mass is 32.1. The maximum absolute atomic E-state index is 5.93. The van der Waals surface area contributed by atoms with E-state index in [0.29, 0.717) is 17.6 Å². The number of hydrogen-bond acceptors (Lipinski definition) is 4. The molecule has 1 aromatic rings. The monoisotopic (exact) mass is 350 g/mol. The van der Waals surface area contributed by atoms with E-state index in [1.54, 1.807) is 11.3 Å². The summed E-state index contributed by atoms with van der Waals surface area (Å²) < 4.78 is 5.93. The Bertz CT molecular complexity index is 594. The molecule has 1 aromatic heterocycles. The Hall–Kier alpha value is -1.14. The van der Waals surface area contributed by atoms with Crippen molar-refractivity contribution in [1.82, 2.24) is 15.6 Å². The van der Waals surface area contributed by atoms with Crippen LogP contribution in [0.1, 0.15) is 48.2 Å². The van der Waals surface area contributed by atoms with Crippen molar-refractivity contribution in [3.8, 4) is 0 Å². The van der Waals surface area contributed by atoms with Crippen LogP contribution >= 0.6 is 11.3 Å². The lowest BCUT2D eigenvalue weighted by molar-refractivity contribution is -0.168. The van der Waals surface area contributed by atoms with E-state index in [1.165, 1.54) is 24.1 Å². The Morgan fingerprint density at radius 2 is 2.21 bits per heavy atom. The predicted octanol–water partition coefficient (Wildman–Crippen LogP) is 2.82. The van der Waals surface area contributed by atoms with Gasteiger partial charge in [-0.3, -0.25) is 4.99 Å². The topological polar surface area (TPSA) is 58.5 Å². The molecule has 2 N–H and O–H groups in total. The smallest absolute Gasteiger partial charge is 0.191 e. The molecule has 6 heteroatoms. The fourth-order valence-electron chi connectivity index (χ4n) is 4.10. The molecule has 1 spiro atoms. The lowest BCUT2D eigenvalue weighted by Gasteiger charge is -2.61. The first kappa shape index (κ1) is 17.7. The molecule has 2 atom stereocenters. The molecular weight excluding hydrogens is 320 g/mol. The summed E-state index contributed by atoms with van der Waals surface area (Å²) in [6.45, 7) is 7.96. The summed E-state index contributed by atoms with van der Waals surface area (Å²) in [5.41, 5.74) is 1.52. The SMILES string of the molecule is CCOC1CC(NC(=NC)NCCc2sc(C)nc2C)C12CCC2. The second-order valence-electron chi connectivity index (χ2n) is 6.95. The Morgan fingerprint density at radius 1 is 1.42 bits per heavy atom. The normalized spacial score (nSPS) is 25.2. The number of aryl methyl sites for hydroxylation is 2. The van der Waals surface area contributed by atoms with Crippen molar-refractivity contribution in [1.29, 1.82) is 0 Å². The number of rotatable bonds is 6. The molecule has 2 aliphatic carbocycles. The second kappa shape index (κ2) is 7.40. The summed E-state index contributed by atoms with van der Waals surface area (Å²) in [5.74, 6) is 0.917. The number of guanidine groups is 1. The van der Waals surface area contributed by atoms with Gasteiger partial charge in [-0.05, 0) is 40.0 Å². The van der Waals surface area contributed by atoms with E-state index in [9.17, 15) is 0 Å². The average Bonchev–Trinajstić information content (AvgIpc) is 2.80. The molecule has 2 fully saturated rings. The quantitative estimate of drug-likeness (QED) is 0.612. The van der Waals surface area contributed by atoms with Crippen LogP contribution < -0.4 is 10.6 Å². The van der Waals surface area contributed by atoms with Crippen LogP contribution in [0.25, 0.3) is 0 Å². The highest BCUT2D eigenvalue weighted by Crippen LogP contribution is 2.57. The number of hydrogen-bond donors (Lipinski definition) is 2. The molecule has 0 bridgehead atoms. The molecular formula is C18H30N4OS. The van der Waals surface area contributed by atoms with E-state index >= 15 is 0 Å². The molecule has 2 unspecified atom stereocenters. The third-order valence-corrected chi connectivity index (χ3v) is 6.75. The van der Waals surface area contributed by atoms with Gasteiger partial charge in [-0.15, -0.1) is 11.3 Å². The number of aromatic nitrogens is 1. The summed E-state index contributed by atoms with van der Waals surface area (Å²) in [4.78, 5) is 10.3. The number of thiazole rings is 1. The zero-order chi connectivity index (χ0) is 17.2. The molecule has 5 nitrogen and oxygen atoms in total. The maximum Gasteiger partial charge on any atom is 0.191 e. The summed E-state index contributed by atoms with van der Waals surface area (Å²) >= 11 is 1.79. The Kier molecular flexibility index (Phi) is 5.45. The molecule has 0 aliphatic heterocycles. The molecule has 134 valence electrons. The lowest BCUT2D eigenvalue weighted by Crippen LogP contribution is -2.68. The van der Waals surface area contributed by atoms with E-state index in [-0.39, 0.29) is 0 Å². The molecule has 1 heterocycles. The molecule has 0 radical (unpaired) electrons. The summed E-state index contributed by atoms with van der Waals surface area (Å²) in [6.07, 6.45) is 6.43. The van der Waals surface area contributed by atoms with Gasteiger partial charge in [0.2, 0.25) is 0 Å². The van der Waals surface area contributed by atoms with Crippen LogP contribution in [0.4, 0.5) is 0 Å². The Labute approximate surface area is 149 Å². The van der Waals surface area contributed by atoms with Crippen molar-refractivity contribution in [2.24, 2.45) is 10.4 Å². The van der Waals surface area contributed by atoms with Crippen molar-refractivity contribution in [3.63, 3.8) is 0 Å². The first-order valence-corrected chi connectivity index (χ1v) is 9.92. The first-order chi connectivity index (χ1) is 11.6. The Morgan fingerprint density at radius 3 is 2.75 bits per heavy atom. The molecule has 0 aromatic carbocycles. The van der Waals surface area contributed by atoms with Gasteiger partial charge < -0.3 is 15.4 Å². The van der Waals surface area contributed by atoms with E-state index in [1.807, 2.05) is 7.05 Å². The molecule has 2 aliphatic rings. The zero-order valence-corrected chi connectivity index (χ0v) is 16.1. The maximum atomic E-state index is 5.93. The standard InChI is InChI=1S/C18H30N4OS/c1-5-23-16-11-15(18(16)8-6-9-18)22-17(19-4)20-10-7-14-12(2)21-13(3)24-14/h15-16H,5-11H2,1-4H3,(H2,19,20,22). The minimum atomic E-state index is 0.360. The fourth-order valence-corrected chi connectivity index (χ4v) is 5.04.